The van der Waals surface area contributed by atoms with Crippen molar-refractivity contribution in [3.05, 3.63) is 77.3 Å². The Balaban J connectivity index is 1.74. The summed E-state index contributed by atoms with van der Waals surface area (Å²) in [5.74, 6) is 0.0859. The lowest BCUT2D eigenvalue weighted by molar-refractivity contribution is -0.143. The van der Waals surface area contributed by atoms with Gasteiger partial charge < -0.3 is 9.40 Å². The number of aromatic amines is 1. The van der Waals surface area contributed by atoms with Crippen LogP contribution >= 0.6 is 0 Å². The minimum Gasteiger partial charge on any atom is -0.457 e. The predicted molar refractivity (Wildman–Crippen MR) is 104 cm³/mol. The molecule has 32 heavy (non-hydrogen) atoms. The lowest BCUT2D eigenvalue weighted by atomic mass is 10.0. The molecule has 0 aliphatic carbocycles. The Bertz CT molecular complexity index is 1300. The fraction of sp³-hybridized carbons (Fsp3) is 0.0909. The van der Waals surface area contributed by atoms with Gasteiger partial charge in [0.05, 0.1) is 27.7 Å². The molecule has 0 saturated carbocycles. The van der Waals surface area contributed by atoms with Crippen molar-refractivity contribution in [2.24, 2.45) is 0 Å². The molecule has 2 heterocycles. The maximum Gasteiger partial charge on any atom is 0.416 e. The molecule has 0 amide bonds. The van der Waals surface area contributed by atoms with E-state index in [1.807, 2.05) is 6.07 Å². The highest BCUT2D eigenvalue weighted by Gasteiger charge is 2.37. The van der Waals surface area contributed by atoms with Crippen molar-refractivity contribution in [2.45, 2.75) is 12.4 Å². The fourth-order valence-electron chi connectivity index (χ4n) is 3.06. The number of hydrogen-bond donors (Lipinski definition) is 1. The van der Waals surface area contributed by atoms with Crippen LogP contribution in [0, 0.1) is 11.3 Å². The molecule has 0 aliphatic rings. The van der Waals surface area contributed by atoms with Crippen LogP contribution < -0.4 is 0 Å². The molecule has 0 atom stereocenters. The average Bonchev–Trinajstić information content (AvgIpc) is 3.37. The largest absolute Gasteiger partial charge is 0.457 e. The van der Waals surface area contributed by atoms with Gasteiger partial charge in [-0.2, -0.15) is 31.6 Å². The van der Waals surface area contributed by atoms with Crippen LogP contribution in [0.3, 0.4) is 0 Å². The Morgan fingerprint density at radius 2 is 1.59 bits per heavy atom. The highest BCUT2D eigenvalue weighted by Crippen LogP contribution is 2.39. The van der Waals surface area contributed by atoms with Crippen molar-refractivity contribution in [1.82, 2.24) is 9.97 Å². The number of H-pyrrole nitrogens is 1. The van der Waals surface area contributed by atoms with E-state index in [1.165, 1.54) is 18.2 Å². The predicted octanol–water partition coefficient (Wildman–Crippen LogP) is 6.92. The van der Waals surface area contributed by atoms with E-state index in [4.69, 9.17) is 4.42 Å². The molecule has 2 aromatic heterocycles. The van der Waals surface area contributed by atoms with E-state index in [9.17, 15) is 31.6 Å². The van der Waals surface area contributed by atoms with E-state index in [-0.39, 0.29) is 29.0 Å². The van der Waals surface area contributed by atoms with Crippen molar-refractivity contribution in [3.63, 3.8) is 0 Å². The second-order valence-electron chi connectivity index (χ2n) is 6.77. The SMILES string of the molecule is N#C/C(=C\c1ccc(-c2cc(C(F)(F)F)cc(C(F)(F)F)c2)o1)c1nc2ccccc2[nH]1. The summed E-state index contributed by atoms with van der Waals surface area (Å²) in [6.45, 7) is 0. The molecule has 0 saturated heterocycles. The molecule has 2 aromatic carbocycles. The Morgan fingerprint density at radius 1 is 0.938 bits per heavy atom. The third-order valence-corrected chi connectivity index (χ3v) is 4.55. The number of para-hydroxylation sites is 2. The first-order valence-electron chi connectivity index (χ1n) is 9.01. The van der Waals surface area contributed by atoms with Crippen molar-refractivity contribution >= 4 is 22.7 Å². The lowest BCUT2D eigenvalue weighted by Crippen LogP contribution is -2.11. The summed E-state index contributed by atoms with van der Waals surface area (Å²) >= 11 is 0. The van der Waals surface area contributed by atoms with Gasteiger partial charge in [-0.15, -0.1) is 0 Å². The van der Waals surface area contributed by atoms with Crippen LogP contribution in [0.15, 0.2) is 59.0 Å². The summed E-state index contributed by atoms with van der Waals surface area (Å²) in [4.78, 5) is 7.24. The minimum atomic E-state index is -4.97. The number of rotatable bonds is 3. The van der Waals surface area contributed by atoms with Crippen molar-refractivity contribution in [3.8, 4) is 17.4 Å². The van der Waals surface area contributed by atoms with E-state index >= 15 is 0 Å². The van der Waals surface area contributed by atoms with Crippen LogP contribution in [0.4, 0.5) is 26.3 Å². The van der Waals surface area contributed by atoms with E-state index in [0.717, 1.165) is 0 Å². The van der Waals surface area contributed by atoms with Crippen LogP contribution in [0.5, 0.6) is 0 Å². The minimum absolute atomic E-state index is 0.0443. The second kappa shape index (κ2) is 7.60. The van der Waals surface area contributed by atoms with Crippen LogP contribution in [-0.4, -0.2) is 9.97 Å². The number of benzene rings is 2. The van der Waals surface area contributed by atoms with Crippen molar-refractivity contribution in [2.75, 3.05) is 0 Å². The molecule has 0 bridgehead atoms. The van der Waals surface area contributed by atoms with Gasteiger partial charge in [-0.05, 0) is 42.5 Å². The summed E-state index contributed by atoms with van der Waals surface area (Å²) in [5.41, 5.74) is -1.91. The molecule has 1 N–H and O–H groups in total. The van der Waals surface area contributed by atoms with Crippen molar-refractivity contribution in [1.29, 1.82) is 5.26 Å². The van der Waals surface area contributed by atoms with Gasteiger partial charge in [0.25, 0.3) is 0 Å². The highest BCUT2D eigenvalue weighted by atomic mass is 19.4. The highest BCUT2D eigenvalue weighted by molar-refractivity contribution is 5.89. The van der Waals surface area contributed by atoms with Gasteiger partial charge in [0.2, 0.25) is 0 Å². The Labute approximate surface area is 176 Å². The topological polar surface area (TPSA) is 65.6 Å². The standard InChI is InChI=1S/C22H11F6N3O/c23-21(24,25)14-7-12(8-15(10-14)22(26,27)28)19-6-5-16(32-19)9-13(11-29)20-30-17-3-1-2-4-18(17)31-20/h1-10H,(H,30,31)/b13-9+. The van der Waals surface area contributed by atoms with Gasteiger partial charge in [-0.25, -0.2) is 4.98 Å². The molecule has 4 nitrogen and oxygen atoms in total. The number of imidazole rings is 1. The van der Waals surface area contributed by atoms with Gasteiger partial charge in [-0.1, -0.05) is 12.1 Å². The summed E-state index contributed by atoms with van der Waals surface area (Å²) in [5, 5.41) is 9.47. The maximum absolute atomic E-state index is 13.1. The quantitative estimate of drug-likeness (QED) is 0.274. The number of alkyl halides is 6. The Morgan fingerprint density at radius 3 is 2.19 bits per heavy atom. The molecule has 0 radical (unpaired) electrons. The third kappa shape index (κ3) is 4.23. The van der Waals surface area contributed by atoms with Gasteiger partial charge in [-0.3, -0.25) is 0 Å². The fourth-order valence-corrected chi connectivity index (χ4v) is 3.06. The summed E-state index contributed by atoms with van der Waals surface area (Å²) in [6, 6.07) is 12.8. The second-order valence-corrected chi connectivity index (χ2v) is 6.77. The summed E-state index contributed by atoms with van der Waals surface area (Å²) in [6.07, 6.45) is -8.65. The normalized spacial score (nSPS) is 12.8. The molecule has 0 aliphatic heterocycles. The van der Waals surface area contributed by atoms with Crippen molar-refractivity contribution < 1.29 is 30.8 Å². The maximum atomic E-state index is 13.1. The van der Waals surface area contributed by atoms with E-state index in [0.29, 0.717) is 23.2 Å². The van der Waals surface area contributed by atoms with Gasteiger partial charge in [0, 0.05) is 11.6 Å². The number of nitrogens with zero attached hydrogens (tertiary/aromatic N) is 2. The molecular formula is C22H11F6N3O. The molecule has 4 aromatic rings. The number of nitrogens with one attached hydrogen (secondary N) is 1. The molecule has 4 rings (SSSR count). The number of allylic oxidation sites excluding steroid dienone is 1. The number of aromatic nitrogens is 2. The number of fused-ring (bicyclic) bond motifs is 1. The zero-order valence-electron chi connectivity index (χ0n) is 15.8. The number of nitriles is 1. The molecule has 0 spiro atoms. The van der Waals surface area contributed by atoms with Crippen LogP contribution in [0.25, 0.3) is 34.0 Å². The molecule has 0 unspecified atom stereocenters. The van der Waals surface area contributed by atoms with Crippen LogP contribution in [0.2, 0.25) is 0 Å². The smallest absolute Gasteiger partial charge is 0.416 e. The van der Waals surface area contributed by atoms with E-state index in [1.54, 1.807) is 24.3 Å². The monoisotopic (exact) mass is 447 g/mol. The first-order chi connectivity index (χ1) is 15.0. The lowest BCUT2D eigenvalue weighted by Gasteiger charge is -2.13. The van der Waals surface area contributed by atoms with E-state index < -0.39 is 29.0 Å². The summed E-state index contributed by atoms with van der Waals surface area (Å²) in [7, 11) is 0. The Kier molecular flexibility index (Phi) is 5.05. The van der Waals surface area contributed by atoms with Crippen LogP contribution in [0.1, 0.15) is 22.7 Å². The van der Waals surface area contributed by atoms with Gasteiger partial charge in [0.1, 0.15) is 23.4 Å². The molecular weight excluding hydrogens is 436 g/mol. The molecule has 0 fully saturated rings. The first kappa shape index (κ1) is 21.2. The zero-order chi connectivity index (χ0) is 23.1. The number of hydrogen-bond acceptors (Lipinski definition) is 3. The average molecular weight is 447 g/mol. The van der Waals surface area contributed by atoms with Crippen LogP contribution in [-0.2, 0) is 12.4 Å². The molecule has 162 valence electrons. The summed E-state index contributed by atoms with van der Waals surface area (Å²) < 4.78 is 84.0. The van der Waals surface area contributed by atoms with Gasteiger partial charge >= 0.3 is 12.4 Å². The zero-order valence-corrected chi connectivity index (χ0v) is 15.8. The first-order valence-corrected chi connectivity index (χ1v) is 9.01. The van der Waals surface area contributed by atoms with Gasteiger partial charge in [0.15, 0.2) is 0 Å². The third-order valence-electron chi connectivity index (χ3n) is 4.55. The number of halogens is 6. The number of furan rings is 1. The Hall–Kier alpha value is -4.00. The molecule has 10 heteroatoms. The van der Waals surface area contributed by atoms with E-state index in [2.05, 4.69) is 9.97 Å².